The van der Waals surface area contributed by atoms with Gasteiger partial charge in [-0.15, -0.1) is 0 Å². The zero-order valence-corrected chi connectivity index (χ0v) is 15.4. The normalized spacial score (nSPS) is 17.0. The molecule has 1 atom stereocenters. The topological polar surface area (TPSA) is 46.6 Å². The fourth-order valence-corrected chi connectivity index (χ4v) is 3.25. The molecule has 1 fully saturated rings. The van der Waals surface area contributed by atoms with Crippen molar-refractivity contribution in [2.45, 2.75) is 39.2 Å². The molecule has 2 aromatic rings. The maximum atomic E-state index is 12.9. The molecular weight excluding hydrogens is 326 g/mol. The van der Waals surface area contributed by atoms with Crippen LogP contribution in [0.25, 0.3) is 0 Å². The molecule has 136 valence electrons. The molecule has 3 rings (SSSR count). The highest BCUT2D eigenvalue weighted by molar-refractivity contribution is 5.94. The van der Waals surface area contributed by atoms with Crippen LogP contribution in [0.15, 0.2) is 48.5 Å². The number of amides is 1. The molecule has 4 heteroatoms. The van der Waals surface area contributed by atoms with Crippen molar-refractivity contribution in [3.05, 3.63) is 70.8 Å². The second-order valence-corrected chi connectivity index (χ2v) is 6.98. The van der Waals surface area contributed by atoms with E-state index in [-0.39, 0.29) is 24.5 Å². The Kier molecular flexibility index (Phi) is 5.71. The Hall–Kier alpha value is -2.62. The van der Waals surface area contributed by atoms with E-state index in [1.54, 1.807) is 12.1 Å². The maximum Gasteiger partial charge on any atom is 0.338 e. The largest absolute Gasteiger partial charge is 0.460 e. The average Bonchev–Trinajstić information content (AvgIpc) is 2.67. The molecule has 1 unspecified atom stereocenters. The van der Waals surface area contributed by atoms with Gasteiger partial charge in [-0.2, -0.15) is 0 Å². The van der Waals surface area contributed by atoms with Crippen LogP contribution >= 0.6 is 0 Å². The highest BCUT2D eigenvalue weighted by Gasteiger charge is 2.28. The minimum atomic E-state index is -0.335. The van der Waals surface area contributed by atoms with Gasteiger partial charge in [-0.25, -0.2) is 4.79 Å². The molecule has 1 saturated heterocycles. The third kappa shape index (κ3) is 4.31. The molecule has 0 aliphatic carbocycles. The van der Waals surface area contributed by atoms with Crippen molar-refractivity contribution in [1.29, 1.82) is 0 Å². The minimum absolute atomic E-state index is 0.0149. The minimum Gasteiger partial charge on any atom is -0.460 e. The summed E-state index contributed by atoms with van der Waals surface area (Å²) in [6.45, 7) is 4.93. The Balaban J connectivity index is 1.65. The number of hydrogen-bond donors (Lipinski definition) is 0. The third-order valence-electron chi connectivity index (χ3n) is 4.88. The van der Waals surface area contributed by atoms with Gasteiger partial charge in [0, 0.05) is 12.1 Å². The number of nitrogens with zero attached hydrogens (tertiary/aromatic N) is 1. The average molecular weight is 351 g/mol. The van der Waals surface area contributed by atoms with Crippen LogP contribution < -0.4 is 0 Å². The monoisotopic (exact) mass is 351 g/mol. The van der Waals surface area contributed by atoms with E-state index in [1.165, 1.54) is 0 Å². The van der Waals surface area contributed by atoms with E-state index in [0.717, 1.165) is 30.4 Å². The zero-order valence-electron chi connectivity index (χ0n) is 15.4. The number of carbonyl (C=O) groups excluding carboxylic acids is 2. The van der Waals surface area contributed by atoms with Gasteiger partial charge in [0.25, 0.3) is 5.91 Å². The molecule has 1 amide bonds. The lowest BCUT2D eigenvalue weighted by atomic mass is 10.0. The van der Waals surface area contributed by atoms with Crippen LogP contribution in [0.5, 0.6) is 0 Å². The molecule has 0 spiro atoms. The molecule has 0 bridgehead atoms. The van der Waals surface area contributed by atoms with E-state index in [2.05, 4.69) is 0 Å². The van der Waals surface area contributed by atoms with Crippen molar-refractivity contribution in [2.24, 2.45) is 0 Å². The summed E-state index contributed by atoms with van der Waals surface area (Å²) in [6.07, 6.45) is 2.89. The molecule has 26 heavy (non-hydrogen) atoms. The van der Waals surface area contributed by atoms with Gasteiger partial charge < -0.3 is 9.64 Å². The Bertz CT molecular complexity index is 765. The lowest BCUT2D eigenvalue weighted by Crippen LogP contribution is -2.46. The first-order valence-corrected chi connectivity index (χ1v) is 9.16. The van der Waals surface area contributed by atoms with Crippen LogP contribution in [0.1, 0.15) is 51.1 Å². The van der Waals surface area contributed by atoms with Gasteiger partial charge in [-0.3, -0.25) is 4.79 Å². The number of benzene rings is 2. The third-order valence-corrected chi connectivity index (χ3v) is 4.88. The standard InChI is InChI=1S/C22H25NO3/c1-16-6-10-18(11-7-16)21(24)23-14-4-3-5-20(23)15-26-22(25)19-12-8-17(2)9-13-19/h6-13,20H,3-5,14-15H2,1-2H3. The van der Waals surface area contributed by atoms with Gasteiger partial charge in [0.2, 0.25) is 0 Å². The van der Waals surface area contributed by atoms with Crippen molar-refractivity contribution in [3.8, 4) is 0 Å². The van der Waals surface area contributed by atoms with Gasteiger partial charge in [0.1, 0.15) is 6.61 Å². The van der Waals surface area contributed by atoms with E-state index in [1.807, 2.05) is 55.1 Å². The van der Waals surface area contributed by atoms with E-state index in [4.69, 9.17) is 4.74 Å². The highest BCUT2D eigenvalue weighted by Crippen LogP contribution is 2.21. The van der Waals surface area contributed by atoms with Crippen molar-refractivity contribution in [1.82, 2.24) is 4.90 Å². The molecule has 0 aromatic heterocycles. The Morgan fingerprint density at radius 3 is 2.12 bits per heavy atom. The summed E-state index contributed by atoms with van der Waals surface area (Å²) in [5, 5.41) is 0. The predicted octanol–water partition coefficient (Wildman–Crippen LogP) is 4.16. The summed E-state index contributed by atoms with van der Waals surface area (Å²) < 4.78 is 5.51. The summed E-state index contributed by atoms with van der Waals surface area (Å²) in [7, 11) is 0. The number of piperidine rings is 1. The van der Waals surface area contributed by atoms with Crippen molar-refractivity contribution in [3.63, 3.8) is 0 Å². The van der Waals surface area contributed by atoms with Crippen molar-refractivity contribution < 1.29 is 14.3 Å². The quantitative estimate of drug-likeness (QED) is 0.777. The van der Waals surface area contributed by atoms with Gasteiger partial charge in [-0.1, -0.05) is 35.4 Å². The summed E-state index contributed by atoms with van der Waals surface area (Å²) in [6, 6.07) is 14.9. The van der Waals surface area contributed by atoms with Gasteiger partial charge in [0.15, 0.2) is 0 Å². The second-order valence-electron chi connectivity index (χ2n) is 6.98. The predicted molar refractivity (Wildman–Crippen MR) is 101 cm³/mol. The van der Waals surface area contributed by atoms with Gasteiger partial charge >= 0.3 is 5.97 Å². The Labute approximate surface area is 154 Å². The molecule has 2 aromatic carbocycles. The van der Waals surface area contributed by atoms with E-state index >= 15 is 0 Å². The van der Waals surface area contributed by atoms with E-state index < -0.39 is 0 Å². The van der Waals surface area contributed by atoms with Gasteiger partial charge in [0.05, 0.1) is 11.6 Å². The Morgan fingerprint density at radius 2 is 1.50 bits per heavy atom. The van der Waals surface area contributed by atoms with Crippen LogP contribution in [0.4, 0.5) is 0 Å². The molecule has 4 nitrogen and oxygen atoms in total. The molecular formula is C22H25NO3. The highest BCUT2D eigenvalue weighted by atomic mass is 16.5. The molecule has 0 saturated carbocycles. The van der Waals surface area contributed by atoms with Crippen LogP contribution in [-0.4, -0.2) is 36.0 Å². The van der Waals surface area contributed by atoms with E-state index in [9.17, 15) is 9.59 Å². The second kappa shape index (κ2) is 8.17. The number of rotatable bonds is 4. The molecule has 1 aliphatic rings. The summed E-state index contributed by atoms with van der Waals surface area (Å²) >= 11 is 0. The number of carbonyl (C=O) groups is 2. The molecule has 0 radical (unpaired) electrons. The van der Waals surface area contributed by atoms with Crippen LogP contribution in [-0.2, 0) is 4.74 Å². The van der Waals surface area contributed by atoms with E-state index in [0.29, 0.717) is 17.7 Å². The first-order valence-electron chi connectivity index (χ1n) is 9.16. The fourth-order valence-electron chi connectivity index (χ4n) is 3.25. The van der Waals surface area contributed by atoms with Crippen molar-refractivity contribution >= 4 is 11.9 Å². The molecule has 1 aliphatic heterocycles. The maximum absolute atomic E-state index is 12.9. The molecule has 0 N–H and O–H groups in total. The number of likely N-dealkylation sites (tertiary alicyclic amines) is 1. The number of aryl methyl sites for hydroxylation is 2. The Morgan fingerprint density at radius 1 is 0.923 bits per heavy atom. The smallest absolute Gasteiger partial charge is 0.338 e. The summed E-state index contributed by atoms with van der Waals surface area (Å²) in [5.74, 6) is -0.320. The zero-order chi connectivity index (χ0) is 18.5. The lowest BCUT2D eigenvalue weighted by molar-refractivity contribution is 0.0251. The number of hydrogen-bond acceptors (Lipinski definition) is 3. The fraction of sp³-hybridized carbons (Fsp3) is 0.364. The van der Waals surface area contributed by atoms with Crippen molar-refractivity contribution in [2.75, 3.05) is 13.2 Å². The SMILES string of the molecule is Cc1ccc(C(=O)OCC2CCCCN2C(=O)c2ccc(C)cc2)cc1. The van der Waals surface area contributed by atoms with Crippen LogP contribution in [0.3, 0.4) is 0 Å². The van der Waals surface area contributed by atoms with Gasteiger partial charge in [-0.05, 0) is 57.4 Å². The first kappa shape index (κ1) is 18.2. The summed E-state index contributed by atoms with van der Waals surface area (Å²) in [5.41, 5.74) is 3.46. The van der Waals surface area contributed by atoms with Crippen LogP contribution in [0, 0.1) is 13.8 Å². The lowest BCUT2D eigenvalue weighted by Gasteiger charge is -2.35. The molecule has 1 heterocycles. The van der Waals surface area contributed by atoms with Crippen LogP contribution in [0.2, 0.25) is 0 Å². The number of ether oxygens (including phenoxy) is 1. The summed E-state index contributed by atoms with van der Waals surface area (Å²) in [4.78, 5) is 27.0. The first-order chi connectivity index (χ1) is 12.5. The number of esters is 1.